The van der Waals surface area contributed by atoms with Crippen molar-refractivity contribution in [1.82, 2.24) is 15.1 Å². The lowest BCUT2D eigenvalue weighted by atomic mass is 10.1. The van der Waals surface area contributed by atoms with Crippen LogP contribution in [0.4, 0.5) is 0 Å². The van der Waals surface area contributed by atoms with E-state index in [0.29, 0.717) is 18.5 Å². The molecule has 0 aliphatic rings. The first-order valence-corrected chi connectivity index (χ1v) is 6.48. The summed E-state index contributed by atoms with van der Waals surface area (Å²) in [7, 11) is 0. The Morgan fingerprint density at radius 1 is 1.47 bits per heavy atom. The highest BCUT2D eigenvalue weighted by molar-refractivity contribution is 5.98. The number of aromatic nitrogens is 2. The fourth-order valence-corrected chi connectivity index (χ4v) is 2.08. The highest BCUT2D eigenvalue weighted by Gasteiger charge is 2.18. The summed E-state index contributed by atoms with van der Waals surface area (Å²) in [4.78, 5) is 14.2. The minimum Gasteiger partial charge on any atom is -0.396 e. The number of nitrogens with zero attached hydrogens (tertiary/aromatic N) is 2. The van der Waals surface area contributed by atoms with Crippen molar-refractivity contribution in [2.24, 2.45) is 0 Å². The van der Waals surface area contributed by atoms with Crippen molar-refractivity contribution in [2.45, 2.75) is 26.3 Å². The zero-order valence-electron chi connectivity index (χ0n) is 11.3. The van der Waals surface area contributed by atoms with Crippen LogP contribution in [0.3, 0.4) is 0 Å². The van der Waals surface area contributed by atoms with E-state index in [1.807, 2.05) is 26.0 Å². The molecular formula is C14H19N3O2. The van der Waals surface area contributed by atoms with Crippen LogP contribution in [0, 0.1) is 0 Å². The average Bonchev–Trinajstić information content (AvgIpc) is 2.85. The first-order valence-electron chi connectivity index (χ1n) is 6.48. The standard InChI is InChI=1S/C14H19N3O2/c1-10(2)17(6-3-7-18)14(19)11-4-5-13-12(8-11)9-15-16-13/h4-5,8-10,18H,3,6-7H2,1-2H3,(H,15,16). The topological polar surface area (TPSA) is 69.2 Å². The quantitative estimate of drug-likeness (QED) is 0.862. The van der Waals surface area contributed by atoms with Gasteiger partial charge in [0.05, 0.1) is 11.7 Å². The summed E-state index contributed by atoms with van der Waals surface area (Å²) >= 11 is 0. The molecule has 1 amide bonds. The summed E-state index contributed by atoms with van der Waals surface area (Å²) in [6.45, 7) is 4.62. The molecule has 0 fully saturated rings. The maximum Gasteiger partial charge on any atom is 0.254 e. The second-order valence-corrected chi connectivity index (χ2v) is 4.84. The number of nitrogens with one attached hydrogen (secondary N) is 1. The summed E-state index contributed by atoms with van der Waals surface area (Å²) in [5, 5.41) is 16.7. The second kappa shape index (κ2) is 5.84. The number of carbonyl (C=O) groups is 1. The third-order valence-electron chi connectivity index (χ3n) is 3.13. The van der Waals surface area contributed by atoms with E-state index in [0.717, 1.165) is 10.9 Å². The molecule has 19 heavy (non-hydrogen) atoms. The molecular weight excluding hydrogens is 242 g/mol. The number of carbonyl (C=O) groups excluding carboxylic acids is 1. The maximum atomic E-state index is 12.5. The molecule has 0 bridgehead atoms. The van der Waals surface area contributed by atoms with Crippen molar-refractivity contribution in [1.29, 1.82) is 0 Å². The minimum atomic E-state index is -0.00782. The molecule has 0 unspecified atom stereocenters. The summed E-state index contributed by atoms with van der Waals surface area (Å²) in [5.41, 5.74) is 1.57. The van der Waals surface area contributed by atoms with Gasteiger partial charge in [-0.25, -0.2) is 0 Å². The molecule has 0 saturated heterocycles. The molecule has 0 atom stereocenters. The van der Waals surface area contributed by atoms with Gasteiger partial charge in [0.1, 0.15) is 0 Å². The van der Waals surface area contributed by atoms with Crippen LogP contribution in [0.2, 0.25) is 0 Å². The van der Waals surface area contributed by atoms with E-state index in [-0.39, 0.29) is 18.6 Å². The Hall–Kier alpha value is -1.88. The summed E-state index contributed by atoms with van der Waals surface area (Å²) in [5.74, 6) is -0.00782. The van der Waals surface area contributed by atoms with Gasteiger partial charge in [-0.3, -0.25) is 9.89 Å². The Kier molecular flexibility index (Phi) is 4.16. The Bertz CT molecular complexity index is 563. The Morgan fingerprint density at radius 3 is 2.95 bits per heavy atom. The van der Waals surface area contributed by atoms with Gasteiger partial charge in [-0.15, -0.1) is 0 Å². The van der Waals surface area contributed by atoms with Crippen molar-refractivity contribution in [3.8, 4) is 0 Å². The number of hydrogen-bond donors (Lipinski definition) is 2. The molecule has 5 nitrogen and oxygen atoms in total. The molecule has 2 N–H and O–H groups in total. The summed E-state index contributed by atoms with van der Waals surface area (Å²) in [6.07, 6.45) is 2.30. The van der Waals surface area contributed by atoms with Gasteiger partial charge in [0.2, 0.25) is 0 Å². The van der Waals surface area contributed by atoms with Crippen LogP contribution >= 0.6 is 0 Å². The number of aromatic amines is 1. The van der Waals surface area contributed by atoms with Gasteiger partial charge in [0.25, 0.3) is 5.91 Å². The van der Waals surface area contributed by atoms with Gasteiger partial charge < -0.3 is 10.0 Å². The van der Waals surface area contributed by atoms with Crippen molar-refractivity contribution >= 4 is 16.8 Å². The van der Waals surface area contributed by atoms with Crippen molar-refractivity contribution < 1.29 is 9.90 Å². The largest absolute Gasteiger partial charge is 0.396 e. The predicted octanol–water partition coefficient (Wildman–Crippen LogP) is 1.80. The van der Waals surface area contributed by atoms with Crippen molar-refractivity contribution in [3.05, 3.63) is 30.0 Å². The first-order chi connectivity index (χ1) is 9.13. The lowest BCUT2D eigenvalue weighted by Crippen LogP contribution is -2.38. The molecule has 1 aromatic heterocycles. The molecule has 1 heterocycles. The van der Waals surface area contributed by atoms with Crippen LogP contribution in [0.25, 0.3) is 10.9 Å². The van der Waals surface area contributed by atoms with Crippen LogP contribution in [0.5, 0.6) is 0 Å². The highest BCUT2D eigenvalue weighted by atomic mass is 16.3. The lowest BCUT2D eigenvalue weighted by molar-refractivity contribution is 0.0693. The van der Waals surface area contributed by atoms with Crippen molar-refractivity contribution in [2.75, 3.05) is 13.2 Å². The SMILES string of the molecule is CC(C)N(CCCO)C(=O)c1ccc2[nH]ncc2c1. The van der Waals surface area contributed by atoms with Crippen LogP contribution in [0.1, 0.15) is 30.6 Å². The van der Waals surface area contributed by atoms with E-state index in [9.17, 15) is 4.79 Å². The molecule has 1 aromatic carbocycles. The monoisotopic (exact) mass is 261 g/mol. The van der Waals surface area contributed by atoms with E-state index >= 15 is 0 Å². The van der Waals surface area contributed by atoms with E-state index in [2.05, 4.69) is 10.2 Å². The van der Waals surface area contributed by atoms with Gasteiger partial charge in [0.15, 0.2) is 0 Å². The average molecular weight is 261 g/mol. The highest BCUT2D eigenvalue weighted by Crippen LogP contribution is 2.16. The van der Waals surface area contributed by atoms with Gasteiger partial charge in [-0.1, -0.05) is 0 Å². The molecule has 5 heteroatoms. The lowest BCUT2D eigenvalue weighted by Gasteiger charge is -2.26. The Labute approximate surface area is 112 Å². The van der Waals surface area contributed by atoms with Gasteiger partial charge in [0, 0.05) is 30.1 Å². The third-order valence-corrected chi connectivity index (χ3v) is 3.13. The third kappa shape index (κ3) is 2.93. The van der Waals surface area contributed by atoms with Crippen LogP contribution < -0.4 is 0 Å². The number of benzene rings is 1. The zero-order valence-corrected chi connectivity index (χ0v) is 11.3. The summed E-state index contributed by atoms with van der Waals surface area (Å²) in [6, 6.07) is 5.62. The number of fused-ring (bicyclic) bond motifs is 1. The molecule has 0 aliphatic heterocycles. The number of H-pyrrole nitrogens is 1. The fraction of sp³-hybridized carbons (Fsp3) is 0.429. The zero-order chi connectivity index (χ0) is 13.8. The first kappa shape index (κ1) is 13.5. The Morgan fingerprint density at radius 2 is 2.26 bits per heavy atom. The van der Waals surface area contributed by atoms with Crippen molar-refractivity contribution in [3.63, 3.8) is 0 Å². The number of aliphatic hydroxyl groups is 1. The number of aliphatic hydroxyl groups excluding tert-OH is 1. The molecule has 0 saturated carbocycles. The molecule has 2 rings (SSSR count). The molecule has 2 aromatic rings. The predicted molar refractivity (Wildman–Crippen MR) is 74.0 cm³/mol. The van der Waals surface area contributed by atoms with Gasteiger partial charge in [-0.05, 0) is 38.5 Å². The van der Waals surface area contributed by atoms with Gasteiger partial charge in [-0.2, -0.15) is 5.10 Å². The maximum absolute atomic E-state index is 12.5. The minimum absolute atomic E-state index is 0.00782. The van der Waals surface area contributed by atoms with E-state index in [1.165, 1.54) is 0 Å². The smallest absolute Gasteiger partial charge is 0.254 e. The molecule has 0 spiro atoms. The normalized spacial score (nSPS) is 11.2. The number of amides is 1. The van der Waals surface area contributed by atoms with E-state index in [1.54, 1.807) is 17.2 Å². The van der Waals surface area contributed by atoms with Gasteiger partial charge >= 0.3 is 0 Å². The van der Waals surface area contributed by atoms with Crippen LogP contribution in [0.15, 0.2) is 24.4 Å². The Balaban J connectivity index is 2.24. The number of rotatable bonds is 5. The summed E-state index contributed by atoms with van der Waals surface area (Å²) < 4.78 is 0. The molecule has 0 radical (unpaired) electrons. The van der Waals surface area contributed by atoms with E-state index in [4.69, 9.17) is 5.11 Å². The second-order valence-electron chi connectivity index (χ2n) is 4.84. The fourth-order valence-electron chi connectivity index (χ4n) is 2.08. The van der Waals surface area contributed by atoms with Crippen LogP contribution in [-0.4, -0.2) is 45.3 Å². The molecule has 102 valence electrons. The van der Waals surface area contributed by atoms with E-state index < -0.39 is 0 Å². The van der Waals surface area contributed by atoms with Crippen LogP contribution in [-0.2, 0) is 0 Å². The number of hydrogen-bond acceptors (Lipinski definition) is 3. The molecule has 0 aliphatic carbocycles.